The first-order valence-electron chi connectivity index (χ1n) is 13.9. The van der Waals surface area contributed by atoms with Gasteiger partial charge in [-0.05, 0) is 64.8 Å². The fraction of sp³-hybridized carbons (Fsp3) is 0.467. The van der Waals surface area contributed by atoms with Crippen molar-refractivity contribution in [1.82, 2.24) is 29.3 Å². The minimum atomic E-state index is -0.587. The van der Waals surface area contributed by atoms with Gasteiger partial charge in [0.25, 0.3) is 5.91 Å². The Bertz CT molecular complexity index is 1620. The van der Waals surface area contributed by atoms with Crippen LogP contribution in [0.3, 0.4) is 0 Å². The Labute approximate surface area is 239 Å². The lowest BCUT2D eigenvalue weighted by Crippen LogP contribution is -2.50. The second kappa shape index (κ2) is 10.9. The van der Waals surface area contributed by atoms with Crippen LogP contribution in [0.1, 0.15) is 50.9 Å². The molecule has 0 bridgehead atoms. The normalized spacial score (nSPS) is 15.8. The number of rotatable bonds is 6. The van der Waals surface area contributed by atoms with Crippen LogP contribution in [0.15, 0.2) is 30.3 Å². The second-order valence-corrected chi connectivity index (χ2v) is 11.3. The summed E-state index contributed by atoms with van der Waals surface area (Å²) >= 11 is 0. The topological polar surface area (TPSA) is 113 Å². The summed E-state index contributed by atoms with van der Waals surface area (Å²) in [5.41, 5.74) is 3.07. The molecule has 2 amide bonds. The van der Waals surface area contributed by atoms with E-state index < -0.39 is 11.7 Å². The van der Waals surface area contributed by atoms with Gasteiger partial charge in [0, 0.05) is 49.7 Å². The van der Waals surface area contributed by atoms with E-state index in [0.29, 0.717) is 42.3 Å². The Balaban J connectivity index is 1.47. The third kappa shape index (κ3) is 5.53. The number of fused-ring (bicyclic) bond motifs is 2. The summed E-state index contributed by atoms with van der Waals surface area (Å²) in [7, 11) is 5.14. The number of hydrogen-bond acceptors (Lipinski definition) is 7. The highest BCUT2D eigenvalue weighted by atomic mass is 16.6. The van der Waals surface area contributed by atoms with Crippen LogP contribution in [0.2, 0.25) is 0 Å². The molecule has 1 saturated heterocycles. The maximum absolute atomic E-state index is 13.7. The Morgan fingerprint density at radius 3 is 2.56 bits per heavy atom. The summed E-state index contributed by atoms with van der Waals surface area (Å²) < 4.78 is 20.6. The van der Waals surface area contributed by atoms with Crippen molar-refractivity contribution >= 4 is 34.1 Å². The van der Waals surface area contributed by atoms with Crippen LogP contribution in [0.25, 0.3) is 33.6 Å². The first kappa shape index (κ1) is 28.3. The highest BCUT2D eigenvalue weighted by Crippen LogP contribution is 2.34. The number of aryl methyl sites for hydroxylation is 2. The Kier molecular flexibility index (Phi) is 7.54. The number of piperidine rings is 1. The van der Waals surface area contributed by atoms with Gasteiger partial charge in [-0.1, -0.05) is 0 Å². The van der Waals surface area contributed by atoms with Crippen LogP contribution < -0.4 is 14.8 Å². The third-order valence-electron chi connectivity index (χ3n) is 7.30. The number of hydrogen-bond donors (Lipinski definition) is 1. The van der Waals surface area contributed by atoms with Crippen molar-refractivity contribution in [3.8, 4) is 23.1 Å². The van der Waals surface area contributed by atoms with Gasteiger partial charge >= 0.3 is 6.09 Å². The molecule has 11 nitrogen and oxygen atoms in total. The van der Waals surface area contributed by atoms with Crippen molar-refractivity contribution in [1.29, 1.82) is 0 Å². The van der Waals surface area contributed by atoms with Gasteiger partial charge in [0.15, 0.2) is 5.82 Å². The lowest BCUT2D eigenvalue weighted by atomic mass is 10.0. The van der Waals surface area contributed by atoms with Crippen LogP contribution in [0.5, 0.6) is 11.6 Å². The Morgan fingerprint density at radius 1 is 1.10 bits per heavy atom. The van der Waals surface area contributed by atoms with E-state index in [9.17, 15) is 9.59 Å². The molecule has 0 spiro atoms. The number of benzene rings is 1. The maximum atomic E-state index is 13.7. The highest BCUT2D eigenvalue weighted by molar-refractivity contribution is 6.00. The fourth-order valence-electron chi connectivity index (χ4n) is 5.48. The largest absolute Gasteiger partial charge is 0.494 e. The molecular weight excluding hydrogens is 524 g/mol. The summed E-state index contributed by atoms with van der Waals surface area (Å²) in [4.78, 5) is 37.4. The van der Waals surface area contributed by atoms with E-state index in [-0.39, 0.29) is 11.9 Å². The molecule has 1 fully saturated rings. The van der Waals surface area contributed by atoms with Gasteiger partial charge in [-0.25, -0.2) is 9.78 Å². The van der Waals surface area contributed by atoms with E-state index in [1.54, 1.807) is 25.2 Å². The second-order valence-electron chi connectivity index (χ2n) is 11.3. The van der Waals surface area contributed by atoms with Crippen LogP contribution in [0, 0.1) is 0 Å². The van der Waals surface area contributed by atoms with Crippen LogP contribution in [-0.4, -0.2) is 75.0 Å². The number of aromatic nitrogens is 4. The van der Waals surface area contributed by atoms with Crippen molar-refractivity contribution in [2.45, 2.75) is 58.7 Å². The van der Waals surface area contributed by atoms with E-state index in [4.69, 9.17) is 19.2 Å². The average molecular weight is 563 g/mol. The number of carbonyl (C=O) groups excluding carboxylic acids is 2. The summed E-state index contributed by atoms with van der Waals surface area (Å²) in [6, 6.07) is 9.29. The van der Waals surface area contributed by atoms with Gasteiger partial charge < -0.3 is 33.6 Å². The molecule has 0 unspecified atom stereocenters. The molecule has 218 valence electrons. The molecule has 41 heavy (non-hydrogen) atoms. The zero-order chi connectivity index (χ0) is 29.5. The smallest absolute Gasteiger partial charge is 0.407 e. The van der Waals surface area contributed by atoms with Crippen molar-refractivity contribution in [2.75, 3.05) is 27.3 Å². The predicted octanol–water partition coefficient (Wildman–Crippen LogP) is 4.76. The number of alkyl carbamates (subject to hydrolysis) is 1. The number of amides is 2. The molecule has 11 heteroatoms. The Morgan fingerprint density at radius 2 is 1.88 bits per heavy atom. The number of pyridine rings is 1. The van der Waals surface area contributed by atoms with Crippen molar-refractivity contribution in [3.05, 3.63) is 35.9 Å². The van der Waals surface area contributed by atoms with Crippen LogP contribution >= 0.6 is 0 Å². The zero-order valence-electron chi connectivity index (χ0n) is 24.8. The van der Waals surface area contributed by atoms with Crippen LogP contribution in [0.4, 0.5) is 4.79 Å². The standard InChI is InChI=1S/C30H38N6O5/c1-8-36-22(15-18-11-12-24(40-7)33-26(18)36)27-32-21-14-19(16-23(39-6)25(21)34(27)5)28(37)35-13-9-10-20(17-35)31-29(38)41-30(2,3)4/h11-12,14-16,20H,8-10,13,17H2,1-7H3,(H,31,38)/t20-/m1/s1. The minimum absolute atomic E-state index is 0.132. The van der Waals surface area contributed by atoms with E-state index in [1.807, 2.05) is 50.6 Å². The maximum Gasteiger partial charge on any atom is 0.407 e. The summed E-state index contributed by atoms with van der Waals surface area (Å²) in [6.45, 7) is 9.23. The Hall–Kier alpha value is -4.28. The lowest BCUT2D eigenvalue weighted by molar-refractivity contribution is 0.0452. The molecule has 1 aliphatic heterocycles. The number of nitrogens with one attached hydrogen (secondary N) is 1. The van der Waals surface area contributed by atoms with Gasteiger partial charge in [-0.2, -0.15) is 4.98 Å². The summed E-state index contributed by atoms with van der Waals surface area (Å²) in [5, 5.41) is 3.89. The summed E-state index contributed by atoms with van der Waals surface area (Å²) in [6.07, 6.45) is 1.08. The van der Waals surface area contributed by atoms with Crippen molar-refractivity contribution in [3.63, 3.8) is 0 Å². The average Bonchev–Trinajstić information content (AvgIpc) is 3.47. The van der Waals surface area contributed by atoms with Gasteiger partial charge in [0.1, 0.15) is 22.5 Å². The molecule has 0 aliphatic carbocycles. The molecule has 1 N–H and O–H groups in total. The molecule has 0 saturated carbocycles. The molecular formula is C30H38N6O5. The lowest BCUT2D eigenvalue weighted by Gasteiger charge is -2.33. The van der Waals surface area contributed by atoms with Gasteiger partial charge in [0.2, 0.25) is 5.88 Å². The predicted molar refractivity (Wildman–Crippen MR) is 157 cm³/mol. The molecule has 1 aliphatic rings. The molecule has 1 atom stereocenters. The van der Waals surface area contributed by atoms with Crippen LogP contribution in [-0.2, 0) is 18.3 Å². The molecule has 4 heterocycles. The monoisotopic (exact) mass is 562 g/mol. The molecule has 3 aromatic heterocycles. The van der Waals surface area contributed by atoms with Crippen molar-refractivity contribution in [2.24, 2.45) is 7.05 Å². The van der Waals surface area contributed by atoms with Gasteiger partial charge in [0.05, 0.1) is 25.4 Å². The number of ether oxygens (including phenoxy) is 3. The fourth-order valence-corrected chi connectivity index (χ4v) is 5.48. The molecule has 0 radical (unpaired) electrons. The number of nitrogens with zero attached hydrogens (tertiary/aromatic N) is 5. The quantitative estimate of drug-likeness (QED) is 0.361. The SMILES string of the molecule is CCn1c(-c2nc3cc(C(=O)N4CCC[C@@H](NC(=O)OC(C)(C)C)C4)cc(OC)c3n2C)cc2ccc(OC)nc21. The molecule has 4 aromatic rings. The molecule has 5 rings (SSSR count). The van der Waals surface area contributed by atoms with E-state index in [2.05, 4.69) is 27.9 Å². The first-order chi connectivity index (χ1) is 19.5. The number of carbonyl (C=O) groups is 2. The van der Waals surface area contributed by atoms with Crippen molar-refractivity contribution < 1.29 is 23.8 Å². The number of likely N-dealkylation sites (tertiary alicyclic amines) is 1. The van der Waals surface area contributed by atoms with E-state index >= 15 is 0 Å². The number of imidazole rings is 1. The molecule has 1 aromatic carbocycles. The highest BCUT2D eigenvalue weighted by Gasteiger charge is 2.29. The van der Waals surface area contributed by atoms with E-state index in [1.165, 1.54) is 0 Å². The summed E-state index contributed by atoms with van der Waals surface area (Å²) in [5.74, 6) is 1.72. The van der Waals surface area contributed by atoms with Gasteiger partial charge in [-0.3, -0.25) is 4.79 Å². The third-order valence-corrected chi connectivity index (χ3v) is 7.30. The zero-order valence-corrected chi connectivity index (χ0v) is 24.8. The minimum Gasteiger partial charge on any atom is -0.494 e. The first-order valence-corrected chi connectivity index (χ1v) is 13.9. The number of methoxy groups -OCH3 is 2. The van der Waals surface area contributed by atoms with Gasteiger partial charge in [-0.15, -0.1) is 0 Å². The van der Waals surface area contributed by atoms with E-state index in [0.717, 1.165) is 40.9 Å².